The summed E-state index contributed by atoms with van der Waals surface area (Å²) in [5.74, 6) is 0.309. The van der Waals surface area contributed by atoms with Gasteiger partial charge < -0.3 is 18.9 Å². The van der Waals surface area contributed by atoms with Crippen molar-refractivity contribution in [2.24, 2.45) is 5.10 Å². The number of nitrogens with one attached hydrogen (secondary N) is 1. The molecule has 0 unspecified atom stereocenters. The highest BCUT2D eigenvalue weighted by Gasteiger charge is 2.23. The summed E-state index contributed by atoms with van der Waals surface area (Å²) in [6.45, 7) is 0. The quantitative estimate of drug-likeness (QED) is 0.0582. The van der Waals surface area contributed by atoms with E-state index in [-0.39, 0.29) is 5.75 Å². The number of fused-ring (bicyclic) bond motifs is 1. The van der Waals surface area contributed by atoms with Crippen molar-refractivity contribution in [1.82, 2.24) is 5.43 Å². The van der Waals surface area contributed by atoms with E-state index in [0.29, 0.717) is 38.4 Å². The van der Waals surface area contributed by atoms with Crippen molar-refractivity contribution in [2.45, 2.75) is 6.29 Å². The van der Waals surface area contributed by atoms with Crippen molar-refractivity contribution in [3.05, 3.63) is 130 Å². The summed E-state index contributed by atoms with van der Waals surface area (Å²) in [7, 11) is 1.54. The van der Waals surface area contributed by atoms with Crippen LogP contribution in [0.4, 0.5) is 0 Å². The molecule has 5 aromatic rings. The normalized spacial score (nSPS) is 11.0. The molecule has 0 saturated carbocycles. The van der Waals surface area contributed by atoms with E-state index in [1.165, 1.54) is 6.21 Å². The maximum Gasteiger partial charge on any atom is 0.343 e. The van der Waals surface area contributed by atoms with Gasteiger partial charge in [-0.1, -0.05) is 53.5 Å². The van der Waals surface area contributed by atoms with Crippen molar-refractivity contribution in [3.63, 3.8) is 0 Å². The van der Waals surface area contributed by atoms with Gasteiger partial charge in [0.25, 0.3) is 0 Å². The van der Waals surface area contributed by atoms with Gasteiger partial charge in [-0.25, -0.2) is 10.2 Å². The van der Waals surface area contributed by atoms with E-state index >= 15 is 0 Å². The van der Waals surface area contributed by atoms with Gasteiger partial charge in [0.15, 0.2) is 0 Å². The van der Waals surface area contributed by atoms with E-state index in [4.69, 9.17) is 42.1 Å². The molecule has 0 bridgehead atoms. The largest absolute Gasteiger partial charge is 0.497 e. The maximum absolute atomic E-state index is 13.2. The van der Waals surface area contributed by atoms with E-state index < -0.39 is 18.2 Å². The molecule has 10 heteroatoms. The molecule has 0 aliphatic rings. The predicted molar refractivity (Wildman–Crippen MR) is 166 cm³/mol. The molecule has 5 aromatic carbocycles. The summed E-state index contributed by atoms with van der Waals surface area (Å²) >= 11 is 12.0. The van der Waals surface area contributed by atoms with Crippen LogP contribution in [-0.4, -0.2) is 31.5 Å². The number of hydrogen-bond acceptors (Lipinski definition) is 7. The van der Waals surface area contributed by atoms with Crippen LogP contribution >= 0.6 is 23.2 Å². The van der Waals surface area contributed by atoms with Gasteiger partial charge in [-0.3, -0.25) is 4.79 Å². The topological polar surface area (TPSA) is 95.5 Å². The van der Waals surface area contributed by atoms with Crippen LogP contribution in [-0.2, 0) is 4.79 Å². The molecule has 0 atom stereocenters. The number of amides is 1. The Labute approximate surface area is 257 Å². The standard InChI is InChI=1S/C33H24Cl2N2O6/c1-40-25-13-6-22(7-14-25)32(39)43-30-19-8-21-4-2-3-5-28(21)29(30)20-36-37-31(38)33(41-26-15-9-23(34)10-16-26)42-27-17-11-24(35)12-18-27/h2-20,33H,1H3,(H,37,38)/b36-20-. The molecule has 0 fully saturated rings. The molecule has 216 valence electrons. The monoisotopic (exact) mass is 614 g/mol. The molecule has 0 aromatic heterocycles. The predicted octanol–water partition coefficient (Wildman–Crippen LogP) is 7.31. The zero-order chi connectivity index (χ0) is 30.2. The number of halogens is 2. The van der Waals surface area contributed by atoms with Crippen LogP contribution in [0.15, 0.2) is 114 Å². The van der Waals surface area contributed by atoms with Crippen molar-refractivity contribution in [2.75, 3.05) is 7.11 Å². The number of carbonyl (C=O) groups is 2. The van der Waals surface area contributed by atoms with Gasteiger partial charge in [-0.05, 0) is 89.6 Å². The van der Waals surface area contributed by atoms with Crippen molar-refractivity contribution in [3.8, 4) is 23.0 Å². The van der Waals surface area contributed by atoms with Crippen LogP contribution in [0.25, 0.3) is 10.8 Å². The van der Waals surface area contributed by atoms with Crippen molar-refractivity contribution >= 4 is 52.1 Å². The van der Waals surface area contributed by atoms with Crippen LogP contribution in [0.1, 0.15) is 15.9 Å². The highest BCUT2D eigenvalue weighted by Crippen LogP contribution is 2.28. The van der Waals surface area contributed by atoms with E-state index in [1.807, 2.05) is 30.3 Å². The van der Waals surface area contributed by atoms with Gasteiger partial charge in [0.2, 0.25) is 0 Å². The van der Waals surface area contributed by atoms with E-state index in [1.54, 1.807) is 86.0 Å². The smallest absolute Gasteiger partial charge is 0.343 e. The second kappa shape index (κ2) is 13.7. The average molecular weight is 615 g/mol. The molecule has 1 N–H and O–H groups in total. The highest BCUT2D eigenvalue weighted by atomic mass is 35.5. The van der Waals surface area contributed by atoms with Crippen LogP contribution in [0.5, 0.6) is 23.0 Å². The molecular formula is C33H24Cl2N2O6. The SMILES string of the molecule is COc1ccc(C(=O)Oc2ccc3ccccc3c2/C=N\NC(=O)C(Oc2ccc(Cl)cc2)Oc2ccc(Cl)cc2)cc1. The molecule has 0 radical (unpaired) electrons. The fraction of sp³-hybridized carbons (Fsp3) is 0.0606. The number of carbonyl (C=O) groups excluding carboxylic acids is 2. The molecule has 0 aliphatic heterocycles. The minimum absolute atomic E-state index is 0.254. The Kier molecular flexibility index (Phi) is 9.41. The van der Waals surface area contributed by atoms with Crippen molar-refractivity contribution < 1.29 is 28.5 Å². The van der Waals surface area contributed by atoms with Crippen molar-refractivity contribution in [1.29, 1.82) is 0 Å². The minimum atomic E-state index is -1.42. The minimum Gasteiger partial charge on any atom is -0.497 e. The second-order valence-corrected chi connectivity index (χ2v) is 9.90. The van der Waals surface area contributed by atoms with Gasteiger partial charge in [0.1, 0.15) is 23.0 Å². The number of benzene rings is 5. The lowest BCUT2D eigenvalue weighted by molar-refractivity contribution is -0.140. The van der Waals surface area contributed by atoms with Gasteiger partial charge in [-0.15, -0.1) is 0 Å². The molecule has 0 spiro atoms. The van der Waals surface area contributed by atoms with Crippen LogP contribution in [0.3, 0.4) is 0 Å². The third-order valence-electron chi connectivity index (χ3n) is 6.16. The van der Waals surface area contributed by atoms with Gasteiger partial charge in [-0.2, -0.15) is 5.10 Å². The number of hydrazone groups is 1. The third kappa shape index (κ3) is 7.62. The first-order valence-electron chi connectivity index (χ1n) is 12.9. The van der Waals surface area contributed by atoms with Gasteiger partial charge in [0.05, 0.1) is 18.9 Å². The summed E-state index contributed by atoms with van der Waals surface area (Å²) in [5.41, 5.74) is 3.28. The fourth-order valence-electron chi connectivity index (χ4n) is 4.00. The first-order valence-corrected chi connectivity index (χ1v) is 13.7. The van der Waals surface area contributed by atoms with Crippen LogP contribution < -0.4 is 24.4 Å². The molecule has 8 nitrogen and oxygen atoms in total. The summed E-state index contributed by atoms with van der Waals surface area (Å²) in [4.78, 5) is 26.2. The summed E-state index contributed by atoms with van der Waals surface area (Å²) in [6.07, 6.45) is -0.0159. The Bertz CT molecular complexity index is 1710. The zero-order valence-electron chi connectivity index (χ0n) is 22.7. The Hall–Kier alpha value is -5.05. The number of methoxy groups -OCH3 is 1. The molecule has 5 rings (SSSR count). The third-order valence-corrected chi connectivity index (χ3v) is 6.66. The molecule has 0 aliphatic carbocycles. The Morgan fingerprint density at radius 3 is 1.93 bits per heavy atom. The number of esters is 1. The Balaban J connectivity index is 1.38. The Morgan fingerprint density at radius 2 is 1.33 bits per heavy atom. The number of ether oxygens (including phenoxy) is 4. The summed E-state index contributed by atoms with van der Waals surface area (Å²) in [5, 5.41) is 6.81. The van der Waals surface area contributed by atoms with E-state index in [2.05, 4.69) is 10.5 Å². The van der Waals surface area contributed by atoms with Crippen LogP contribution in [0.2, 0.25) is 10.0 Å². The number of hydrogen-bond donors (Lipinski definition) is 1. The molecule has 0 saturated heterocycles. The lowest BCUT2D eigenvalue weighted by Crippen LogP contribution is -2.40. The average Bonchev–Trinajstić information content (AvgIpc) is 3.03. The lowest BCUT2D eigenvalue weighted by Gasteiger charge is -2.19. The number of nitrogens with zero attached hydrogens (tertiary/aromatic N) is 1. The van der Waals surface area contributed by atoms with E-state index in [0.717, 1.165) is 10.8 Å². The fourth-order valence-corrected chi connectivity index (χ4v) is 4.25. The second-order valence-electron chi connectivity index (χ2n) is 9.03. The highest BCUT2D eigenvalue weighted by molar-refractivity contribution is 6.30. The van der Waals surface area contributed by atoms with E-state index in [9.17, 15) is 9.59 Å². The lowest BCUT2D eigenvalue weighted by atomic mass is 10.0. The first-order chi connectivity index (χ1) is 20.9. The molecule has 1 amide bonds. The Morgan fingerprint density at radius 1 is 0.744 bits per heavy atom. The van der Waals surface area contributed by atoms with Gasteiger partial charge >= 0.3 is 18.2 Å². The summed E-state index contributed by atoms with van der Waals surface area (Å²) < 4.78 is 22.5. The van der Waals surface area contributed by atoms with Crippen LogP contribution in [0, 0.1) is 0 Å². The molecule has 0 heterocycles. The maximum atomic E-state index is 13.2. The zero-order valence-corrected chi connectivity index (χ0v) is 24.2. The summed E-state index contributed by atoms with van der Waals surface area (Å²) in [6, 6.07) is 30.5. The first kappa shape index (κ1) is 29.4. The number of rotatable bonds is 10. The molecule has 43 heavy (non-hydrogen) atoms. The van der Waals surface area contributed by atoms with Gasteiger partial charge in [0, 0.05) is 15.6 Å². The molecular weight excluding hydrogens is 591 g/mol.